The molecule has 0 bridgehead atoms. The number of aromatic nitrogens is 2. The first-order chi connectivity index (χ1) is 13.7. The summed E-state index contributed by atoms with van der Waals surface area (Å²) in [5.41, 5.74) is 4.76. The van der Waals surface area contributed by atoms with Gasteiger partial charge >= 0.3 is 0 Å². The number of aryl methyl sites for hydroxylation is 1. The van der Waals surface area contributed by atoms with Gasteiger partial charge in [0.25, 0.3) is 0 Å². The summed E-state index contributed by atoms with van der Waals surface area (Å²) in [7, 11) is 3.47. The van der Waals surface area contributed by atoms with Gasteiger partial charge in [-0.05, 0) is 41.3 Å². The zero-order valence-electron chi connectivity index (χ0n) is 17.1. The number of benzene rings is 2. The summed E-state index contributed by atoms with van der Waals surface area (Å²) in [6.45, 7) is 4.19. The van der Waals surface area contributed by atoms with Crippen LogP contribution in [0, 0.1) is 6.92 Å². The number of hydrogen-bond acceptors (Lipinski definition) is 3. The second-order valence-electron chi connectivity index (χ2n) is 6.56. The molecule has 154 valence electrons. The number of nitrogens with one attached hydrogen (secondary N) is 2. The molecule has 0 fully saturated rings. The van der Waals surface area contributed by atoms with Gasteiger partial charge < -0.3 is 15.4 Å². The van der Waals surface area contributed by atoms with Gasteiger partial charge in [-0.1, -0.05) is 36.4 Å². The summed E-state index contributed by atoms with van der Waals surface area (Å²) in [5.74, 6) is 1.67. The highest BCUT2D eigenvalue weighted by molar-refractivity contribution is 14.0. The van der Waals surface area contributed by atoms with E-state index in [4.69, 9.17) is 4.74 Å². The van der Waals surface area contributed by atoms with Gasteiger partial charge in [-0.25, -0.2) is 0 Å². The topological polar surface area (TPSA) is 63.5 Å². The average molecular weight is 505 g/mol. The summed E-state index contributed by atoms with van der Waals surface area (Å²) in [6.07, 6.45) is 3.77. The van der Waals surface area contributed by atoms with Gasteiger partial charge in [0.15, 0.2) is 5.96 Å². The van der Waals surface area contributed by atoms with Gasteiger partial charge in [0.05, 0.1) is 13.7 Å². The Labute approximate surface area is 189 Å². The normalized spacial score (nSPS) is 10.9. The quantitative estimate of drug-likeness (QED) is 0.292. The van der Waals surface area contributed by atoms with Crippen molar-refractivity contribution in [2.24, 2.45) is 4.99 Å². The number of guanidine groups is 1. The first kappa shape index (κ1) is 22.7. The molecule has 3 rings (SSSR count). The summed E-state index contributed by atoms with van der Waals surface area (Å²) < 4.78 is 7.25. The van der Waals surface area contributed by atoms with Crippen molar-refractivity contribution in [3.05, 3.63) is 83.2 Å². The van der Waals surface area contributed by atoms with Crippen molar-refractivity contribution in [2.75, 3.05) is 14.2 Å². The Bertz CT molecular complexity index is 925. The molecule has 3 aromatic rings. The molecule has 0 radical (unpaired) electrons. The molecule has 0 saturated carbocycles. The molecule has 0 aliphatic carbocycles. The van der Waals surface area contributed by atoms with Crippen molar-refractivity contribution >= 4 is 29.9 Å². The third-order valence-corrected chi connectivity index (χ3v) is 4.60. The number of hydrogen-bond donors (Lipinski definition) is 2. The lowest BCUT2D eigenvalue weighted by Crippen LogP contribution is -2.36. The maximum absolute atomic E-state index is 5.32. The Hall–Kier alpha value is -2.55. The van der Waals surface area contributed by atoms with E-state index in [-0.39, 0.29) is 24.0 Å². The SMILES string of the molecule is CN=C(NCc1ccc(OC)c(C)c1)NCc1ccccc1Cn1cccn1.I. The first-order valence-corrected chi connectivity index (χ1v) is 9.32. The first-order valence-electron chi connectivity index (χ1n) is 9.32. The minimum absolute atomic E-state index is 0. The fraction of sp³-hybridized carbons (Fsp3) is 0.273. The third-order valence-electron chi connectivity index (χ3n) is 4.60. The second kappa shape index (κ2) is 11.5. The molecule has 2 N–H and O–H groups in total. The highest BCUT2D eigenvalue weighted by Crippen LogP contribution is 2.18. The minimum Gasteiger partial charge on any atom is -0.496 e. The molecule has 7 heteroatoms. The molecule has 0 unspecified atom stereocenters. The molecule has 0 spiro atoms. The monoisotopic (exact) mass is 505 g/mol. The molecule has 0 atom stereocenters. The molecule has 1 heterocycles. The van der Waals surface area contributed by atoms with Crippen LogP contribution in [0.5, 0.6) is 5.75 Å². The van der Waals surface area contributed by atoms with Crippen LogP contribution >= 0.6 is 24.0 Å². The number of aliphatic imine (C=N–C) groups is 1. The van der Waals surface area contributed by atoms with Crippen LogP contribution in [-0.4, -0.2) is 29.9 Å². The van der Waals surface area contributed by atoms with Crippen molar-refractivity contribution in [2.45, 2.75) is 26.6 Å². The predicted octanol–water partition coefficient (Wildman–Crippen LogP) is 3.73. The van der Waals surface area contributed by atoms with Crippen molar-refractivity contribution in [3.63, 3.8) is 0 Å². The maximum Gasteiger partial charge on any atom is 0.191 e. The van der Waals surface area contributed by atoms with Crippen LogP contribution in [0.3, 0.4) is 0 Å². The second-order valence-corrected chi connectivity index (χ2v) is 6.56. The van der Waals surface area contributed by atoms with E-state index < -0.39 is 0 Å². The van der Waals surface area contributed by atoms with Crippen molar-refractivity contribution in [1.29, 1.82) is 0 Å². The minimum atomic E-state index is 0. The molecule has 0 saturated heterocycles. The zero-order valence-corrected chi connectivity index (χ0v) is 19.4. The van der Waals surface area contributed by atoms with E-state index in [2.05, 4.69) is 57.1 Å². The van der Waals surface area contributed by atoms with Gasteiger partial charge in [-0.2, -0.15) is 5.10 Å². The zero-order chi connectivity index (χ0) is 19.8. The van der Waals surface area contributed by atoms with E-state index in [1.165, 1.54) is 16.7 Å². The Morgan fingerprint density at radius 3 is 2.48 bits per heavy atom. The van der Waals surface area contributed by atoms with Gasteiger partial charge in [-0.15, -0.1) is 24.0 Å². The third kappa shape index (κ3) is 6.49. The molecule has 1 aromatic heterocycles. The molecule has 0 amide bonds. The Morgan fingerprint density at radius 2 is 1.83 bits per heavy atom. The van der Waals surface area contributed by atoms with Crippen molar-refractivity contribution in [3.8, 4) is 5.75 Å². The number of methoxy groups -OCH3 is 1. The van der Waals surface area contributed by atoms with Gasteiger partial charge in [0.1, 0.15) is 5.75 Å². The molecule has 0 aliphatic rings. The Kier molecular flexibility index (Phi) is 8.98. The molecular formula is C22H28IN5O. The van der Waals surface area contributed by atoms with Crippen molar-refractivity contribution in [1.82, 2.24) is 20.4 Å². The fourth-order valence-electron chi connectivity index (χ4n) is 3.09. The van der Waals surface area contributed by atoms with Crippen molar-refractivity contribution < 1.29 is 4.74 Å². The lowest BCUT2D eigenvalue weighted by molar-refractivity contribution is 0.411. The van der Waals surface area contributed by atoms with Gasteiger partial charge in [-0.3, -0.25) is 9.67 Å². The largest absolute Gasteiger partial charge is 0.496 e. The van der Waals surface area contributed by atoms with E-state index in [1.807, 2.05) is 29.9 Å². The average Bonchev–Trinajstić information content (AvgIpc) is 3.22. The lowest BCUT2D eigenvalue weighted by atomic mass is 10.1. The summed E-state index contributed by atoms with van der Waals surface area (Å²) in [6, 6.07) is 16.5. The van der Waals surface area contributed by atoms with Crippen LogP contribution in [0.15, 0.2) is 65.9 Å². The van der Waals surface area contributed by atoms with Crippen LogP contribution in [-0.2, 0) is 19.6 Å². The Morgan fingerprint density at radius 1 is 1.07 bits per heavy atom. The highest BCUT2D eigenvalue weighted by Gasteiger charge is 2.05. The van der Waals surface area contributed by atoms with E-state index in [9.17, 15) is 0 Å². The molecular weight excluding hydrogens is 477 g/mol. The van der Waals surface area contributed by atoms with Crippen LogP contribution in [0.2, 0.25) is 0 Å². The molecule has 2 aromatic carbocycles. The molecule has 29 heavy (non-hydrogen) atoms. The van der Waals surface area contributed by atoms with Gasteiger partial charge in [0.2, 0.25) is 0 Å². The Balaban J connectivity index is 0.00000300. The smallest absolute Gasteiger partial charge is 0.191 e. The molecule has 0 aliphatic heterocycles. The molecule has 6 nitrogen and oxygen atoms in total. The summed E-state index contributed by atoms with van der Waals surface area (Å²) >= 11 is 0. The fourth-order valence-corrected chi connectivity index (χ4v) is 3.09. The van der Waals surface area contributed by atoms with Crippen LogP contribution in [0.4, 0.5) is 0 Å². The number of rotatable bonds is 7. The standard InChI is InChI=1S/C22H27N5O.HI/c1-17-13-18(9-10-21(17)28-3)14-24-22(23-2)25-15-19-7-4-5-8-20(19)16-27-12-6-11-26-27;/h4-13H,14-16H2,1-3H3,(H2,23,24,25);1H. The highest BCUT2D eigenvalue weighted by atomic mass is 127. The van der Waals surface area contributed by atoms with E-state index >= 15 is 0 Å². The number of halogens is 1. The van der Waals surface area contributed by atoms with Crippen LogP contribution in [0.25, 0.3) is 0 Å². The van der Waals surface area contributed by atoms with Gasteiger partial charge in [0, 0.05) is 32.5 Å². The van der Waals surface area contributed by atoms with E-state index in [1.54, 1.807) is 20.4 Å². The lowest BCUT2D eigenvalue weighted by Gasteiger charge is -2.15. The van der Waals surface area contributed by atoms with E-state index in [0.717, 1.165) is 23.8 Å². The predicted molar refractivity (Wildman–Crippen MR) is 128 cm³/mol. The van der Waals surface area contributed by atoms with E-state index in [0.29, 0.717) is 13.1 Å². The van der Waals surface area contributed by atoms with Crippen LogP contribution < -0.4 is 15.4 Å². The summed E-state index contributed by atoms with van der Waals surface area (Å²) in [5, 5.41) is 11.1. The van der Waals surface area contributed by atoms with Crippen LogP contribution in [0.1, 0.15) is 22.3 Å². The summed E-state index contributed by atoms with van der Waals surface area (Å²) in [4.78, 5) is 4.33. The maximum atomic E-state index is 5.32. The number of ether oxygens (including phenoxy) is 1. The number of nitrogens with zero attached hydrogens (tertiary/aromatic N) is 3.